The molecule has 4 nitrogen and oxygen atoms in total. The molecule has 0 unspecified atom stereocenters. The number of rotatable bonds is 2. The van der Waals surface area contributed by atoms with Crippen molar-refractivity contribution < 1.29 is 9.90 Å². The molecule has 0 saturated carbocycles. The molecule has 3 aromatic rings. The lowest BCUT2D eigenvalue weighted by molar-refractivity contribution is 0.102. The Bertz CT molecular complexity index is 790. The predicted octanol–water partition coefficient (Wildman–Crippen LogP) is 3.43. The SMILES string of the molecule is Cc1ccc(O)c(NC(=O)c2ccc3cc[nH]c3c2)c1. The molecule has 3 rings (SSSR count). The zero-order valence-electron chi connectivity index (χ0n) is 11.0. The first-order valence-electron chi connectivity index (χ1n) is 6.31. The summed E-state index contributed by atoms with van der Waals surface area (Å²) >= 11 is 0. The van der Waals surface area contributed by atoms with E-state index in [9.17, 15) is 9.90 Å². The van der Waals surface area contributed by atoms with Crippen LogP contribution >= 0.6 is 0 Å². The Labute approximate surface area is 116 Å². The molecule has 20 heavy (non-hydrogen) atoms. The number of carbonyl (C=O) groups is 1. The number of nitrogens with one attached hydrogen (secondary N) is 2. The van der Waals surface area contributed by atoms with Gasteiger partial charge in [-0.3, -0.25) is 4.79 Å². The molecule has 1 heterocycles. The Hall–Kier alpha value is -2.75. The molecule has 0 aliphatic rings. The Morgan fingerprint density at radius 2 is 2.00 bits per heavy atom. The van der Waals surface area contributed by atoms with Gasteiger partial charge in [0, 0.05) is 17.3 Å². The van der Waals surface area contributed by atoms with Gasteiger partial charge in [-0.05, 0) is 48.2 Å². The minimum Gasteiger partial charge on any atom is -0.506 e. The van der Waals surface area contributed by atoms with Crippen LogP contribution in [0.2, 0.25) is 0 Å². The van der Waals surface area contributed by atoms with E-state index >= 15 is 0 Å². The molecule has 0 aliphatic carbocycles. The smallest absolute Gasteiger partial charge is 0.255 e. The van der Waals surface area contributed by atoms with Crippen LogP contribution in [0, 0.1) is 6.92 Å². The largest absolute Gasteiger partial charge is 0.506 e. The van der Waals surface area contributed by atoms with Crippen LogP contribution in [-0.2, 0) is 0 Å². The molecule has 1 aromatic heterocycles. The second-order valence-electron chi connectivity index (χ2n) is 4.75. The average Bonchev–Trinajstić information content (AvgIpc) is 2.90. The molecule has 0 saturated heterocycles. The number of aromatic amines is 1. The van der Waals surface area contributed by atoms with Gasteiger partial charge in [-0.15, -0.1) is 0 Å². The van der Waals surface area contributed by atoms with Gasteiger partial charge in [0.1, 0.15) is 5.75 Å². The monoisotopic (exact) mass is 266 g/mol. The lowest BCUT2D eigenvalue weighted by atomic mass is 10.1. The van der Waals surface area contributed by atoms with Gasteiger partial charge in [-0.2, -0.15) is 0 Å². The van der Waals surface area contributed by atoms with E-state index < -0.39 is 0 Å². The zero-order valence-corrected chi connectivity index (χ0v) is 11.0. The molecule has 4 heteroatoms. The Morgan fingerprint density at radius 3 is 2.85 bits per heavy atom. The van der Waals surface area contributed by atoms with E-state index in [1.165, 1.54) is 0 Å². The van der Waals surface area contributed by atoms with Gasteiger partial charge >= 0.3 is 0 Å². The third kappa shape index (κ3) is 2.23. The van der Waals surface area contributed by atoms with E-state index in [1.54, 1.807) is 30.3 Å². The third-order valence-corrected chi connectivity index (χ3v) is 3.22. The van der Waals surface area contributed by atoms with E-state index in [4.69, 9.17) is 0 Å². The van der Waals surface area contributed by atoms with E-state index in [-0.39, 0.29) is 11.7 Å². The standard InChI is InChI=1S/C16H14N2O2/c1-10-2-5-15(19)14(8-10)18-16(20)12-4-3-11-6-7-17-13(11)9-12/h2-9,17,19H,1H3,(H,18,20). The number of anilines is 1. The van der Waals surface area contributed by atoms with Gasteiger partial charge in [-0.1, -0.05) is 12.1 Å². The molecular formula is C16H14N2O2. The number of H-pyrrole nitrogens is 1. The van der Waals surface area contributed by atoms with Crippen molar-refractivity contribution in [2.24, 2.45) is 0 Å². The Balaban J connectivity index is 1.90. The van der Waals surface area contributed by atoms with Crippen LogP contribution < -0.4 is 5.32 Å². The number of aromatic hydroxyl groups is 1. The van der Waals surface area contributed by atoms with Crippen molar-refractivity contribution in [3.63, 3.8) is 0 Å². The van der Waals surface area contributed by atoms with Crippen LogP contribution in [0.15, 0.2) is 48.7 Å². The first-order chi connectivity index (χ1) is 9.63. The highest BCUT2D eigenvalue weighted by Gasteiger charge is 2.10. The number of hydrogen-bond acceptors (Lipinski definition) is 2. The van der Waals surface area contributed by atoms with E-state index in [2.05, 4.69) is 10.3 Å². The lowest BCUT2D eigenvalue weighted by Gasteiger charge is -2.08. The molecule has 0 radical (unpaired) electrons. The minimum atomic E-state index is -0.248. The molecule has 0 spiro atoms. The molecule has 0 fully saturated rings. The third-order valence-electron chi connectivity index (χ3n) is 3.22. The number of fused-ring (bicyclic) bond motifs is 1. The maximum absolute atomic E-state index is 12.2. The van der Waals surface area contributed by atoms with Gasteiger partial charge in [0.05, 0.1) is 5.69 Å². The van der Waals surface area contributed by atoms with Crippen molar-refractivity contribution >= 4 is 22.5 Å². The first-order valence-corrected chi connectivity index (χ1v) is 6.31. The Kier molecular flexibility index (Phi) is 2.91. The molecule has 3 N–H and O–H groups in total. The summed E-state index contributed by atoms with van der Waals surface area (Å²) in [6.45, 7) is 1.90. The van der Waals surface area contributed by atoms with Crippen molar-refractivity contribution in [1.82, 2.24) is 4.98 Å². The number of hydrogen-bond donors (Lipinski definition) is 3. The Morgan fingerprint density at radius 1 is 1.15 bits per heavy atom. The molecule has 1 amide bonds. The van der Waals surface area contributed by atoms with Gasteiger partial charge in [0.2, 0.25) is 0 Å². The quantitative estimate of drug-likeness (QED) is 0.622. The number of carbonyl (C=O) groups excluding carboxylic acids is 1. The first kappa shape index (κ1) is 12.3. The summed E-state index contributed by atoms with van der Waals surface area (Å²) in [5, 5.41) is 13.5. The maximum atomic E-state index is 12.2. The number of aryl methyl sites for hydroxylation is 1. The summed E-state index contributed by atoms with van der Waals surface area (Å²) in [6.07, 6.45) is 1.83. The topological polar surface area (TPSA) is 65.1 Å². The molecule has 0 aliphatic heterocycles. The van der Waals surface area contributed by atoms with Crippen LogP contribution in [0.3, 0.4) is 0 Å². The number of phenols is 1. The summed E-state index contributed by atoms with van der Waals surface area (Å²) in [6, 6.07) is 12.5. The predicted molar refractivity (Wildman–Crippen MR) is 79.1 cm³/mol. The molecule has 0 bridgehead atoms. The van der Waals surface area contributed by atoms with E-state index in [0.717, 1.165) is 16.5 Å². The summed E-state index contributed by atoms with van der Waals surface area (Å²) < 4.78 is 0. The van der Waals surface area contributed by atoms with Gasteiger partial charge < -0.3 is 15.4 Å². The zero-order chi connectivity index (χ0) is 14.1. The molecule has 2 aromatic carbocycles. The highest BCUT2D eigenvalue weighted by Crippen LogP contribution is 2.24. The molecule has 0 atom stereocenters. The fourth-order valence-electron chi connectivity index (χ4n) is 2.13. The van der Waals surface area contributed by atoms with Gasteiger partial charge in [0.25, 0.3) is 5.91 Å². The van der Waals surface area contributed by atoms with Crippen molar-refractivity contribution in [2.45, 2.75) is 6.92 Å². The van der Waals surface area contributed by atoms with Crippen molar-refractivity contribution in [3.8, 4) is 5.75 Å². The normalized spacial score (nSPS) is 10.7. The fourth-order valence-corrected chi connectivity index (χ4v) is 2.13. The van der Waals surface area contributed by atoms with Crippen LogP contribution in [0.5, 0.6) is 5.75 Å². The molecule has 100 valence electrons. The summed E-state index contributed by atoms with van der Waals surface area (Å²) in [7, 11) is 0. The summed E-state index contributed by atoms with van der Waals surface area (Å²) in [4.78, 5) is 15.3. The van der Waals surface area contributed by atoms with Crippen LogP contribution in [0.4, 0.5) is 5.69 Å². The number of benzene rings is 2. The molecular weight excluding hydrogens is 252 g/mol. The van der Waals surface area contributed by atoms with Gasteiger partial charge in [0.15, 0.2) is 0 Å². The van der Waals surface area contributed by atoms with Crippen LogP contribution in [0.25, 0.3) is 10.9 Å². The second-order valence-corrected chi connectivity index (χ2v) is 4.75. The number of phenolic OH excluding ortho intramolecular Hbond substituents is 1. The van der Waals surface area contributed by atoms with E-state index in [1.807, 2.05) is 25.3 Å². The fraction of sp³-hybridized carbons (Fsp3) is 0.0625. The second kappa shape index (κ2) is 4.74. The maximum Gasteiger partial charge on any atom is 0.255 e. The number of amides is 1. The van der Waals surface area contributed by atoms with E-state index in [0.29, 0.717) is 11.3 Å². The number of aromatic nitrogens is 1. The summed E-state index contributed by atoms with van der Waals surface area (Å²) in [5.41, 5.74) is 2.84. The average molecular weight is 266 g/mol. The highest BCUT2D eigenvalue weighted by atomic mass is 16.3. The minimum absolute atomic E-state index is 0.0601. The highest BCUT2D eigenvalue weighted by molar-refractivity contribution is 6.06. The van der Waals surface area contributed by atoms with Gasteiger partial charge in [-0.25, -0.2) is 0 Å². The summed E-state index contributed by atoms with van der Waals surface area (Å²) in [5.74, 6) is -0.188. The van der Waals surface area contributed by atoms with Crippen LogP contribution in [-0.4, -0.2) is 16.0 Å². The lowest BCUT2D eigenvalue weighted by Crippen LogP contribution is -2.12. The van der Waals surface area contributed by atoms with Crippen molar-refractivity contribution in [2.75, 3.05) is 5.32 Å². The van der Waals surface area contributed by atoms with Crippen molar-refractivity contribution in [3.05, 3.63) is 59.8 Å². The van der Waals surface area contributed by atoms with Crippen molar-refractivity contribution in [1.29, 1.82) is 0 Å². The van der Waals surface area contributed by atoms with Crippen LogP contribution in [0.1, 0.15) is 15.9 Å².